The molecule has 4 nitrogen and oxygen atoms in total. The van der Waals surface area contributed by atoms with Crippen molar-refractivity contribution in [1.82, 2.24) is 5.32 Å². The van der Waals surface area contributed by atoms with Gasteiger partial charge in [0.2, 0.25) is 5.91 Å². The molecule has 2 N–H and O–H groups in total. The number of anilines is 1. The largest absolute Gasteiger partial charge is 0.490 e. The summed E-state index contributed by atoms with van der Waals surface area (Å²) < 4.78 is 6.10. The summed E-state index contributed by atoms with van der Waals surface area (Å²) in [4.78, 5) is 11.4. The normalized spacial score (nSPS) is 20.1. The van der Waals surface area contributed by atoms with Crippen molar-refractivity contribution in [2.75, 3.05) is 18.4 Å². The van der Waals surface area contributed by atoms with Crippen molar-refractivity contribution in [3.63, 3.8) is 0 Å². The molecule has 1 fully saturated rings. The summed E-state index contributed by atoms with van der Waals surface area (Å²) in [7, 11) is 0. The lowest BCUT2D eigenvalue weighted by Crippen LogP contribution is -2.34. The number of fused-ring (bicyclic) bond motifs is 1. The van der Waals surface area contributed by atoms with E-state index in [2.05, 4.69) is 10.6 Å². The van der Waals surface area contributed by atoms with E-state index in [0.717, 1.165) is 49.4 Å². The summed E-state index contributed by atoms with van der Waals surface area (Å²) in [6, 6.07) is 5.90. The number of hydrogen-bond acceptors (Lipinski definition) is 3. The molecule has 0 bridgehead atoms. The van der Waals surface area contributed by atoms with Gasteiger partial charge in [-0.2, -0.15) is 0 Å². The lowest BCUT2D eigenvalue weighted by Gasteiger charge is -2.27. The number of ether oxygens (including phenoxy) is 1. The van der Waals surface area contributed by atoms with Gasteiger partial charge in [-0.1, -0.05) is 6.07 Å². The molecule has 96 valence electrons. The van der Waals surface area contributed by atoms with Gasteiger partial charge in [0.1, 0.15) is 11.9 Å². The fraction of sp³-hybridized carbons (Fsp3) is 0.500. The molecule has 0 unspecified atom stereocenters. The summed E-state index contributed by atoms with van der Waals surface area (Å²) in [5.41, 5.74) is 2.06. The quantitative estimate of drug-likeness (QED) is 0.835. The summed E-state index contributed by atoms with van der Waals surface area (Å²) >= 11 is 0. The van der Waals surface area contributed by atoms with Crippen LogP contribution in [0.5, 0.6) is 5.75 Å². The molecule has 4 heteroatoms. The molecule has 0 atom stereocenters. The minimum Gasteiger partial charge on any atom is -0.490 e. The number of nitrogens with one attached hydrogen (secondary N) is 2. The van der Waals surface area contributed by atoms with E-state index >= 15 is 0 Å². The molecular weight excluding hydrogens is 228 g/mol. The molecule has 1 aromatic carbocycles. The Labute approximate surface area is 107 Å². The van der Waals surface area contributed by atoms with Gasteiger partial charge in [0, 0.05) is 17.7 Å². The summed E-state index contributed by atoms with van der Waals surface area (Å²) in [6.45, 7) is 2.05. The van der Waals surface area contributed by atoms with Crippen LogP contribution in [0.3, 0.4) is 0 Å². The van der Waals surface area contributed by atoms with Crippen molar-refractivity contribution in [3.8, 4) is 5.75 Å². The summed E-state index contributed by atoms with van der Waals surface area (Å²) in [5, 5.41) is 6.24. The smallest absolute Gasteiger partial charge is 0.224 e. The van der Waals surface area contributed by atoms with Gasteiger partial charge in [0.05, 0.1) is 0 Å². The Kier molecular flexibility index (Phi) is 3.19. The average molecular weight is 246 g/mol. The van der Waals surface area contributed by atoms with E-state index in [4.69, 9.17) is 4.74 Å². The third-order valence-electron chi connectivity index (χ3n) is 3.59. The van der Waals surface area contributed by atoms with Crippen molar-refractivity contribution in [2.24, 2.45) is 0 Å². The van der Waals surface area contributed by atoms with Gasteiger partial charge in [-0.25, -0.2) is 0 Å². The van der Waals surface area contributed by atoms with Gasteiger partial charge < -0.3 is 15.4 Å². The first-order chi connectivity index (χ1) is 8.83. The van der Waals surface area contributed by atoms with Crippen LogP contribution in [-0.4, -0.2) is 25.1 Å². The zero-order valence-corrected chi connectivity index (χ0v) is 10.4. The molecule has 0 spiro atoms. The Morgan fingerprint density at radius 3 is 2.83 bits per heavy atom. The maximum Gasteiger partial charge on any atom is 0.224 e. The lowest BCUT2D eigenvalue weighted by atomic mass is 10.0. The van der Waals surface area contributed by atoms with Crippen LogP contribution in [0, 0.1) is 0 Å². The zero-order valence-electron chi connectivity index (χ0n) is 10.4. The van der Waals surface area contributed by atoms with E-state index in [1.54, 1.807) is 0 Å². The molecule has 1 saturated heterocycles. The first-order valence-corrected chi connectivity index (χ1v) is 6.62. The number of carbonyl (C=O) groups is 1. The molecule has 2 aliphatic rings. The number of carbonyl (C=O) groups excluding carboxylic acids is 1. The Bertz CT molecular complexity index is 453. The Balaban J connectivity index is 1.79. The van der Waals surface area contributed by atoms with Crippen molar-refractivity contribution in [1.29, 1.82) is 0 Å². The maximum absolute atomic E-state index is 11.4. The van der Waals surface area contributed by atoms with E-state index in [-0.39, 0.29) is 5.91 Å². The molecule has 3 rings (SSSR count). The van der Waals surface area contributed by atoms with E-state index in [1.807, 2.05) is 18.2 Å². The molecule has 1 aromatic rings. The molecule has 2 aliphatic heterocycles. The second-order valence-corrected chi connectivity index (χ2v) is 4.90. The first kappa shape index (κ1) is 11.5. The third-order valence-corrected chi connectivity index (χ3v) is 3.59. The minimum absolute atomic E-state index is 0.0986. The highest BCUT2D eigenvalue weighted by atomic mass is 16.5. The van der Waals surface area contributed by atoms with Gasteiger partial charge >= 0.3 is 0 Å². The first-order valence-electron chi connectivity index (χ1n) is 6.62. The number of amides is 1. The number of rotatable bonds is 2. The second kappa shape index (κ2) is 4.98. The van der Waals surface area contributed by atoms with E-state index < -0.39 is 0 Å². The van der Waals surface area contributed by atoms with E-state index in [0.29, 0.717) is 12.5 Å². The van der Waals surface area contributed by atoms with Crippen molar-refractivity contribution in [3.05, 3.63) is 23.8 Å². The molecule has 0 aromatic heterocycles. The molecule has 18 heavy (non-hydrogen) atoms. The van der Waals surface area contributed by atoms with Crippen molar-refractivity contribution in [2.45, 2.75) is 31.8 Å². The van der Waals surface area contributed by atoms with Gasteiger partial charge in [0.15, 0.2) is 0 Å². The van der Waals surface area contributed by atoms with Gasteiger partial charge in [-0.15, -0.1) is 0 Å². The predicted octanol–water partition coefficient (Wildman–Crippen LogP) is 1.70. The van der Waals surface area contributed by atoms with Crippen LogP contribution in [0.4, 0.5) is 5.69 Å². The SMILES string of the molecule is O=C1CCc2c(cccc2OC2CCNCC2)N1. The minimum atomic E-state index is 0.0986. The van der Waals surface area contributed by atoms with Crippen LogP contribution in [0.1, 0.15) is 24.8 Å². The highest BCUT2D eigenvalue weighted by molar-refractivity contribution is 5.94. The Morgan fingerprint density at radius 1 is 1.17 bits per heavy atom. The topological polar surface area (TPSA) is 50.4 Å². The monoisotopic (exact) mass is 246 g/mol. The average Bonchev–Trinajstić information content (AvgIpc) is 2.40. The highest BCUT2D eigenvalue weighted by Crippen LogP contribution is 2.32. The van der Waals surface area contributed by atoms with Gasteiger partial charge in [-0.3, -0.25) is 4.79 Å². The standard InChI is InChI=1S/C14H18N2O2/c17-14-5-4-11-12(16-14)2-1-3-13(11)18-10-6-8-15-9-7-10/h1-3,10,15H,4-9H2,(H,16,17). The Hall–Kier alpha value is -1.55. The lowest BCUT2D eigenvalue weighted by molar-refractivity contribution is -0.116. The van der Waals surface area contributed by atoms with Crippen LogP contribution in [0.2, 0.25) is 0 Å². The fourth-order valence-electron chi connectivity index (χ4n) is 2.60. The number of piperidine rings is 1. The van der Waals surface area contributed by atoms with Crippen LogP contribution in [-0.2, 0) is 11.2 Å². The van der Waals surface area contributed by atoms with Gasteiger partial charge in [0.25, 0.3) is 0 Å². The van der Waals surface area contributed by atoms with Crippen LogP contribution >= 0.6 is 0 Å². The highest BCUT2D eigenvalue weighted by Gasteiger charge is 2.21. The predicted molar refractivity (Wildman–Crippen MR) is 69.9 cm³/mol. The maximum atomic E-state index is 11.4. The van der Waals surface area contributed by atoms with Gasteiger partial charge in [-0.05, 0) is 44.5 Å². The van der Waals surface area contributed by atoms with Crippen LogP contribution in [0.25, 0.3) is 0 Å². The number of hydrogen-bond donors (Lipinski definition) is 2. The van der Waals surface area contributed by atoms with E-state index in [1.165, 1.54) is 0 Å². The molecule has 1 amide bonds. The van der Waals surface area contributed by atoms with E-state index in [9.17, 15) is 4.79 Å². The van der Waals surface area contributed by atoms with Crippen LogP contribution < -0.4 is 15.4 Å². The van der Waals surface area contributed by atoms with Crippen molar-refractivity contribution < 1.29 is 9.53 Å². The van der Waals surface area contributed by atoms with Crippen molar-refractivity contribution >= 4 is 11.6 Å². The molecule has 0 radical (unpaired) electrons. The third kappa shape index (κ3) is 2.34. The molecule has 2 heterocycles. The second-order valence-electron chi connectivity index (χ2n) is 4.90. The Morgan fingerprint density at radius 2 is 2.00 bits per heavy atom. The van der Waals surface area contributed by atoms with Crippen LogP contribution in [0.15, 0.2) is 18.2 Å². The molecule has 0 saturated carbocycles. The zero-order chi connectivity index (χ0) is 12.4. The molecular formula is C14H18N2O2. The summed E-state index contributed by atoms with van der Waals surface area (Å²) in [6.07, 6.45) is 3.74. The number of benzene rings is 1. The molecule has 0 aliphatic carbocycles. The summed E-state index contributed by atoms with van der Waals surface area (Å²) in [5.74, 6) is 1.04. The fourth-order valence-corrected chi connectivity index (χ4v) is 2.60.